The highest BCUT2D eigenvalue weighted by Crippen LogP contribution is 2.36. The summed E-state index contributed by atoms with van der Waals surface area (Å²) in [5.41, 5.74) is 2.66. The number of halogens is 1. The lowest BCUT2D eigenvalue weighted by Gasteiger charge is -2.14. The first kappa shape index (κ1) is 18.9. The van der Waals surface area contributed by atoms with Gasteiger partial charge < -0.3 is 9.26 Å². The molecule has 0 aliphatic rings. The van der Waals surface area contributed by atoms with Crippen LogP contribution in [0.1, 0.15) is 37.0 Å². The molecule has 0 aliphatic carbocycles. The van der Waals surface area contributed by atoms with Crippen molar-refractivity contribution in [1.82, 2.24) is 15.1 Å². The number of rotatable bonds is 4. The van der Waals surface area contributed by atoms with Gasteiger partial charge in [-0.1, -0.05) is 49.7 Å². The number of hydrogen-bond acceptors (Lipinski definition) is 6. The summed E-state index contributed by atoms with van der Waals surface area (Å²) in [5, 5.41) is 5.68. The van der Waals surface area contributed by atoms with E-state index in [1.165, 1.54) is 11.2 Å². The molecule has 144 valence electrons. The predicted molar refractivity (Wildman–Crippen MR) is 112 cm³/mol. The molecule has 5 nitrogen and oxygen atoms in total. The molecule has 3 heterocycles. The smallest absolute Gasteiger partial charge is 0.225 e. The SMILES string of the molecule is Cc1ccc(-c2cc(COc3ncnc4sc(C(C)(C)C)cc34)on2)c(Cl)c1. The standard InChI is InChI=1S/C21H20ClN3O2S/c1-12-5-6-14(16(22)7-12)17-8-13(27-25-17)10-26-19-15-9-18(21(2,3)4)28-20(15)24-11-23-19/h5-9,11H,10H2,1-4H3. The second kappa shape index (κ2) is 7.18. The van der Waals surface area contributed by atoms with Gasteiger partial charge in [-0.3, -0.25) is 0 Å². The van der Waals surface area contributed by atoms with Crippen molar-refractivity contribution in [2.75, 3.05) is 0 Å². The van der Waals surface area contributed by atoms with Crippen molar-refractivity contribution in [2.45, 2.75) is 39.7 Å². The minimum Gasteiger partial charge on any atom is -0.469 e. The van der Waals surface area contributed by atoms with Crippen LogP contribution in [0.4, 0.5) is 0 Å². The van der Waals surface area contributed by atoms with Gasteiger partial charge in [0.15, 0.2) is 12.4 Å². The fourth-order valence-electron chi connectivity index (χ4n) is 2.79. The summed E-state index contributed by atoms with van der Waals surface area (Å²) in [7, 11) is 0. The molecule has 0 saturated heterocycles. The van der Waals surface area contributed by atoms with Crippen molar-refractivity contribution in [3.8, 4) is 17.1 Å². The molecule has 0 amide bonds. The van der Waals surface area contributed by atoms with Gasteiger partial charge in [-0.25, -0.2) is 9.97 Å². The van der Waals surface area contributed by atoms with Gasteiger partial charge in [0.2, 0.25) is 5.88 Å². The first-order valence-corrected chi connectivity index (χ1v) is 10.1. The zero-order valence-electron chi connectivity index (χ0n) is 16.1. The molecular weight excluding hydrogens is 394 g/mol. The third-order valence-corrected chi connectivity index (χ3v) is 6.12. The molecule has 0 radical (unpaired) electrons. The van der Waals surface area contributed by atoms with E-state index < -0.39 is 0 Å². The molecule has 0 N–H and O–H groups in total. The molecular formula is C21H20ClN3O2S. The molecule has 0 aliphatic heterocycles. The van der Waals surface area contributed by atoms with Crippen LogP contribution < -0.4 is 4.74 Å². The quantitative estimate of drug-likeness (QED) is 0.399. The van der Waals surface area contributed by atoms with E-state index in [2.05, 4.69) is 42.0 Å². The number of hydrogen-bond donors (Lipinski definition) is 0. The van der Waals surface area contributed by atoms with E-state index in [-0.39, 0.29) is 12.0 Å². The molecule has 4 rings (SSSR count). The maximum absolute atomic E-state index is 6.32. The highest BCUT2D eigenvalue weighted by Gasteiger charge is 2.20. The molecule has 28 heavy (non-hydrogen) atoms. The summed E-state index contributed by atoms with van der Waals surface area (Å²) in [6.45, 7) is 8.76. The number of thiophene rings is 1. The Morgan fingerprint density at radius 3 is 2.71 bits per heavy atom. The Labute approximate surface area is 172 Å². The van der Waals surface area contributed by atoms with Gasteiger partial charge in [0.1, 0.15) is 16.9 Å². The lowest BCUT2D eigenvalue weighted by Crippen LogP contribution is -2.07. The maximum atomic E-state index is 6.32. The number of benzene rings is 1. The van der Waals surface area contributed by atoms with Crippen molar-refractivity contribution in [1.29, 1.82) is 0 Å². The first-order valence-electron chi connectivity index (χ1n) is 8.91. The summed E-state index contributed by atoms with van der Waals surface area (Å²) >= 11 is 7.98. The minimum absolute atomic E-state index is 0.0514. The van der Waals surface area contributed by atoms with Crippen LogP contribution in [0.2, 0.25) is 5.02 Å². The first-order chi connectivity index (χ1) is 13.3. The Balaban J connectivity index is 1.55. The Morgan fingerprint density at radius 1 is 1.14 bits per heavy atom. The Bertz CT molecular complexity index is 1140. The number of fused-ring (bicyclic) bond motifs is 1. The van der Waals surface area contributed by atoms with Crippen LogP contribution in [0.25, 0.3) is 21.5 Å². The van der Waals surface area contributed by atoms with E-state index in [1.807, 2.05) is 31.2 Å². The fraction of sp³-hybridized carbons (Fsp3) is 0.286. The second-order valence-electron chi connectivity index (χ2n) is 7.71. The van der Waals surface area contributed by atoms with E-state index in [0.29, 0.717) is 22.4 Å². The average Bonchev–Trinajstić information content (AvgIpc) is 3.26. The zero-order valence-corrected chi connectivity index (χ0v) is 17.7. The number of ether oxygens (including phenoxy) is 1. The third-order valence-electron chi connectivity index (χ3n) is 4.34. The molecule has 7 heteroatoms. The van der Waals surface area contributed by atoms with E-state index in [4.69, 9.17) is 20.9 Å². The van der Waals surface area contributed by atoms with Crippen LogP contribution in [0.15, 0.2) is 41.2 Å². The van der Waals surface area contributed by atoms with E-state index in [0.717, 1.165) is 21.3 Å². The maximum Gasteiger partial charge on any atom is 0.225 e. The predicted octanol–water partition coefficient (Wildman–Crippen LogP) is 6.18. The molecule has 0 bridgehead atoms. The third kappa shape index (κ3) is 3.75. The van der Waals surface area contributed by atoms with Gasteiger partial charge in [-0.05, 0) is 30.0 Å². The highest BCUT2D eigenvalue weighted by molar-refractivity contribution is 7.18. The van der Waals surface area contributed by atoms with Gasteiger partial charge in [0, 0.05) is 16.5 Å². The molecule has 0 spiro atoms. The summed E-state index contributed by atoms with van der Waals surface area (Å²) in [5.74, 6) is 1.15. The Morgan fingerprint density at radius 2 is 1.96 bits per heavy atom. The summed E-state index contributed by atoms with van der Waals surface area (Å²) < 4.78 is 11.3. The molecule has 0 fully saturated rings. The molecule has 0 unspecified atom stereocenters. The molecule has 4 aromatic rings. The van der Waals surface area contributed by atoms with Crippen LogP contribution in [-0.4, -0.2) is 15.1 Å². The molecule has 1 aromatic carbocycles. The van der Waals surface area contributed by atoms with Crippen molar-refractivity contribution >= 4 is 33.2 Å². The van der Waals surface area contributed by atoms with Crippen molar-refractivity contribution in [3.63, 3.8) is 0 Å². The molecule has 0 saturated carbocycles. The minimum atomic E-state index is 0.0514. The Hall–Kier alpha value is -2.44. The van der Waals surface area contributed by atoms with Gasteiger partial charge >= 0.3 is 0 Å². The molecule has 3 aromatic heterocycles. The normalized spacial score (nSPS) is 11.9. The zero-order chi connectivity index (χ0) is 19.9. The highest BCUT2D eigenvalue weighted by atomic mass is 35.5. The van der Waals surface area contributed by atoms with Crippen LogP contribution in [0, 0.1) is 6.92 Å². The van der Waals surface area contributed by atoms with Crippen molar-refractivity contribution in [3.05, 3.63) is 57.9 Å². The van der Waals surface area contributed by atoms with E-state index in [9.17, 15) is 0 Å². The van der Waals surface area contributed by atoms with Gasteiger partial charge in [-0.2, -0.15) is 0 Å². The van der Waals surface area contributed by atoms with Gasteiger partial charge in [0.05, 0.1) is 10.4 Å². The van der Waals surface area contributed by atoms with Crippen LogP contribution in [0.5, 0.6) is 5.88 Å². The van der Waals surface area contributed by atoms with E-state index in [1.54, 1.807) is 11.3 Å². The number of nitrogens with zero attached hydrogens (tertiary/aromatic N) is 3. The van der Waals surface area contributed by atoms with Crippen molar-refractivity contribution < 1.29 is 9.26 Å². The topological polar surface area (TPSA) is 61.0 Å². The van der Waals surface area contributed by atoms with Crippen LogP contribution in [0.3, 0.4) is 0 Å². The molecule has 0 atom stereocenters. The van der Waals surface area contributed by atoms with E-state index >= 15 is 0 Å². The van der Waals surface area contributed by atoms with Gasteiger partial charge in [0.25, 0.3) is 0 Å². The van der Waals surface area contributed by atoms with Crippen LogP contribution in [-0.2, 0) is 12.0 Å². The number of aromatic nitrogens is 3. The average molecular weight is 414 g/mol. The summed E-state index contributed by atoms with van der Waals surface area (Å²) in [4.78, 5) is 10.8. The Kier molecular flexibility index (Phi) is 4.85. The monoisotopic (exact) mass is 413 g/mol. The number of aryl methyl sites for hydroxylation is 1. The summed E-state index contributed by atoms with van der Waals surface area (Å²) in [6, 6.07) is 9.78. The van der Waals surface area contributed by atoms with Crippen molar-refractivity contribution in [2.24, 2.45) is 0 Å². The van der Waals surface area contributed by atoms with Gasteiger partial charge in [-0.15, -0.1) is 11.3 Å². The largest absolute Gasteiger partial charge is 0.469 e. The summed E-state index contributed by atoms with van der Waals surface area (Å²) in [6.07, 6.45) is 1.53. The second-order valence-corrected chi connectivity index (χ2v) is 9.15. The fourth-order valence-corrected chi connectivity index (χ4v) is 4.17. The lowest BCUT2D eigenvalue weighted by atomic mass is 9.94. The lowest BCUT2D eigenvalue weighted by molar-refractivity contribution is 0.244. The van der Waals surface area contributed by atoms with Crippen LogP contribution >= 0.6 is 22.9 Å².